The summed E-state index contributed by atoms with van der Waals surface area (Å²) in [6.45, 7) is 0.682. The molecule has 0 unspecified atom stereocenters. The first kappa shape index (κ1) is 13.1. The predicted molar refractivity (Wildman–Crippen MR) is 72.9 cm³/mol. The highest BCUT2D eigenvalue weighted by molar-refractivity contribution is 5.67. The van der Waals surface area contributed by atoms with Gasteiger partial charge in [0.05, 0.1) is 0 Å². The molecule has 4 rings (SSSR count). The van der Waals surface area contributed by atoms with Crippen LogP contribution in [0.15, 0.2) is 36.4 Å². The Kier molecular flexibility index (Phi) is 2.63. The molecule has 3 heterocycles. The molecule has 1 aliphatic heterocycles. The zero-order valence-electron chi connectivity index (χ0n) is 11.2. The molecule has 0 radical (unpaired) electrons. The fraction of sp³-hybridized carbons (Fsp3) is 0.214. The zero-order valence-corrected chi connectivity index (χ0v) is 11.2. The number of alkyl halides is 3. The fourth-order valence-electron chi connectivity index (χ4n) is 2.68. The molecule has 0 amide bonds. The van der Waals surface area contributed by atoms with Crippen LogP contribution >= 0.6 is 0 Å². The van der Waals surface area contributed by atoms with Crippen LogP contribution in [0.1, 0.15) is 11.4 Å². The van der Waals surface area contributed by atoms with Crippen molar-refractivity contribution in [3.05, 3.63) is 47.8 Å². The Morgan fingerprint density at radius 2 is 1.82 bits per heavy atom. The molecular formula is C14H10F3N5. The summed E-state index contributed by atoms with van der Waals surface area (Å²) in [5.74, 6) is -0.667. The molecule has 5 nitrogen and oxygen atoms in total. The van der Waals surface area contributed by atoms with Crippen LogP contribution in [0.5, 0.6) is 0 Å². The Labute approximate surface area is 123 Å². The van der Waals surface area contributed by atoms with Crippen LogP contribution in [-0.2, 0) is 12.6 Å². The Balaban J connectivity index is 1.84. The second-order valence-electron chi connectivity index (χ2n) is 5.01. The lowest BCUT2D eigenvalue weighted by molar-refractivity contribution is -0.146. The number of benzene rings is 1. The Morgan fingerprint density at radius 3 is 2.64 bits per heavy atom. The number of halogens is 3. The van der Waals surface area contributed by atoms with Gasteiger partial charge in [-0.25, -0.2) is 0 Å². The van der Waals surface area contributed by atoms with Crippen molar-refractivity contribution in [1.29, 1.82) is 0 Å². The average molecular weight is 305 g/mol. The highest BCUT2D eigenvalue weighted by Crippen LogP contribution is 2.34. The first-order valence-electron chi connectivity index (χ1n) is 6.69. The van der Waals surface area contributed by atoms with Crippen molar-refractivity contribution in [2.45, 2.75) is 12.6 Å². The van der Waals surface area contributed by atoms with E-state index in [4.69, 9.17) is 0 Å². The second kappa shape index (κ2) is 4.43. The number of hydrogen-bond acceptors (Lipinski definition) is 4. The summed E-state index contributed by atoms with van der Waals surface area (Å²) >= 11 is 0. The lowest BCUT2D eigenvalue weighted by Gasteiger charge is -2.18. The van der Waals surface area contributed by atoms with Gasteiger partial charge in [0.2, 0.25) is 0 Å². The third-order valence-electron chi connectivity index (χ3n) is 3.67. The largest absolute Gasteiger partial charge is 0.453 e. The van der Waals surface area contributed by atoms with Crippen molar-refractivity contribution >= 4 is 17.2 Å². The summed E-state index contributed by atoms with van der Waals surface area (Å²) < 4.78 is 39.5. The maximum absolute atomic E-state index is 12.9. The van der Waals surface area contributed by atoms with Crippen LogP contribution in [0.25, 0.3) is 5.65 Å². The van der Waals surface area contributed by atoms with Gasteiger partial charge in [0.1, 0.15) is 0 Å². The molecule has 0 fully saturated rings. The third kappa shape index (κ3) is 1.91. The van der Waals surface area contributed by atoms with Gasteiger partial charge in [-0.2, -0.15) is 17.7 Å². The van der Waals surface area contributed by atoms with Crippen molar-refractivity contribution in [2.75, 3.05) is 11.4 Å². The number of aromatic nitrogens is 4. The number of rotatable bonds is 1. The van der Waals surface area contributed by atoms with E-state index in [2.05, 4.69) is 15.3 Å². The van der Waals surface area contributed by atoms with E-state index in [0.29, 0.717) is 12.4 Å². The molecule has 0 aliphatic carbocycles. The minimum Gasteiger partial charge on any atom is -0.324 e. The van der Waals surface area contributed by atoms with Gasteiger partial charge >= 0.3 is 6.18 Å². The van der Waals surface area contributed by atoms with E-state index in [9.17, 15) is 13.2 Å². The van der Waals surface area contributed by atoms with Crippen molar-refractivity contribution in [1.82, 2.24) is 19.8 Å². The van der Waals surface area contributed by atoms with E-state index in [0.717, 1.165) is 22.2 Å². The molecule has 0 saturated carbocycles. The van der Waals surface area contributed by atoms with Gasteiger partial charge in [-0.1, -0.05) is 18.2 Å². The Bertz CT molecular complexity index is 855. The van der Waals surface area contributed by atoms with E-state index in [1.165, 1.54) is 6.07 Å². The average Bonchev–Trinajstić information content (AvgIpc) is 3.10. The van der Waals surface area contributed by atoms with E-state index in [-0.39, 0.29) is 5.65 Å². The normalized spacial score (nSPS) is 14.6. The number of anilines is 2. The fourth-order valence-corrected chi connectivity index (χ4v) is 2.68. The minimum atomic E-state index is -4.59. The maximum atomic E-state index is 12.9. The lowest BCUT2D eigenvalue weighted by atomic mass is 10.2. The van der Waals surface area contributed by atoms with E-state index in [1.807, 2.05) is 29.2 Å². The number of para-hydroxylation sites is 1. The van der Waals surface area contributed by atoms with Crippen LogP contribution in [0, 0.1) is 0 Å². The summed E-state index contributed by atoms with van der Waals surface area (Å²) in [4.78, 5) is 1.90. The van der Waals surface area contributed by atoms with Crippen molar-refractivity contribution in [2.24, 2.45) is 0 Å². The second-order valence-corrected chi connectivity index (χ2v) is 5.01. The first-order chi connectivity index (χ1) is 10.5. The van der Waals surface area contributed by atoms with Crippen LogP contribution in [0.4, 0.5) is 24.7 Å². The molecule has 1 aliphatic rings. The molecule has 112 valence electrons. The topological polar surface area (TPSA) is 46.3 Å². The number of nitrogens with zero attached hydrogens (tertiary/aromatic N) is 5. The monoisotopic (exact) mass is 305 g/mol. The molecule has 0 bridgehead atoms. The van der Waals surface area contributed by atoms with Crippen LogP contribution in [-0.4, -0.2) is 26.4 Å². The molecule has 8 heteroatoms. The first-order valence-corrected chi connectivity index (χ1v) is 6.69. The van der Waals surface area contributed by atoms with Gasteiger partial charge in [0.15, 0.2) is 11.5 Å². The molecule has 22 heavy (non-hydrogen) atoms. The smallest absolute Gasteiger partial charge is 0.324 e. The molecule has 2 aromatic heterocycles. The molecule has 0 saturated heterocycles. The molecule has 0 N–H and O–H groups in total. The van der Waals surface area contributed by atoms with E-state index in [1.54, 1.807) is 6.07 Å². The zero-order chi connectivity index (χ0) is 15.3. The van der Waals surface area contributed by atoms with Gasteiger partial charge in [0.25, 0.3) is 5.82 Å². The lowest BCUT2D eigenvalue weighted by Crippen LogP contribution is -2.18. The highest BCUT2D eigenvalue weighted by atomic mass is 19.4. The van der Waals surface area contributed by atoms with Crippen molar-refractivity contribution in [3.63, 3.8) is 0 Å². The van der Waals surface area contributed by atoms with Crippen LogP contribution < -0.4 is 4.90 Å². The third-order valence-corrected chi connectivity index (χ3v) is 3.67. The van der Waals surface area contributed by atoms with Gasteiger partial charge in [0, 0.05) is 12.2 Å². The summed E-state index contributed by atoms with van der Waals surface area (Å²) in [7, 11) is 0. The predicted octanol–water partition coefficient (Wildman–Crippen LogP) is 2.84. The minimum absolute atomic E-state index is 0.0727. The number of fused-ring (bicyclic) bond motifs is 2. The van der Waals surface area contributed by atoms with Crippen molar-refractivity contribution in [3.8, 4) is 0 Å². The SMILES string of the molecule is FC(F)(F)c1nnc2ccc(N3CCc4ccccc43)nn12. The highest BCUT2D eigenvalue weighted by Gasteiger charge is 2.38. The summed E-state index contributed by atoms with van der Waals surface area (Å²) in [6.07, 6.45) is -3.75. The number of hydrogen-bond donors (Lipinski definition) is 0. The van der Waals surface area contributed by atoms with Gasteiger partial charge in [-0.3, -0.25) is 0 Å². The van der Waals surface area contributed by atoms with Crippen LogP contribution in [0.3, 0.4) is 0 Å². The molecule has 1 aromatic carbocycles. The molecule has 0 atom stereocenters. The standard InChI is InChI=1S/C14H10F3N5/c15-14(16,17)13-19-18-11-5-6-12(20-22(11)13)21-8-7-9-3-1-2-4-10(9)21/h1-6H,7-8H2. The van der Waals surface area contributed by atoms with Gasteiger partial charge < -0.3 is 4.90 Å². The van der Waals surface area contributed by atoms with Crippen molar-refractivity contribution < 1.29 is 13.2 Å². The van der Waals surface area contributed by atoms with Gasteiger partial charge in [-0.05, 0) is 30.2 Å². The van der Waals surface area contributed by atoms with Crippen LogP contribution in [0.2, 0.25) is 0 Å². The molecular weight excluding hydrogens is 295 g/mol. The Hall–Kier alpha value is -2.64. The van der Waals surface area contributed by atoms with Gasteiger partial charge in [-0.15, -0.1) is 15.3 Å². The summed E-state index contributed by atoms with van der Waals surface area (Å²) in [5.41, 5.74) is 2.20. The Morgan fingerprint density at radius 1 is 1.00 bits per heavy atom. The molecule has 0 spiro atoms. The summed E-state index contributed by atoms with van der Waals surface area (Å²) in [6, 6.07) is 10.9. The summed E-state index contributed by atoms with van der Waals surface area (Å²) in [5, 5.41) is 10.8. The molecule has 3 aromatic rings. The maximum Gasteiger partial charge on any atom is 0.453 e. The van der Waals surface area contributed by atoms with E-state index < -0.39 is 12.0 Å². The quantitative estimate of drug-likeness (QED) is 0.693. The van der Waals surface area contributed by atoms with E-state index >= 15 is 0 Å².